The molecule has 0 radical (unpaired) electrons. The number of hydrogen-bond donors (Lipinski definition) is 1. The number of thiazole rings is 1. The highest BCUT2D eigenvalue weighted by molar-refractivity contribution is 7.91. The molecule has 0 unspecified atom stereocenters. The third-order valence-corrected chi connectivity index (χ3v) is 10.0. The van der Waals surface area contributed by atoms with Crippen molar-refractivity contribution in [1.82, 2.24) is 10.3 Å². The second kappa shape index (κ2) is 8.97. The van der Waals surface area contributed by atoms with Gasteiger partial charge in [-0.05, 0) is 50.3 Å². The summed E-state index contributed by atoms with van der Waals surface area (Å²) in [6, 6.07) is 10.6. The Morgan fingerprint density at radius 3 is 2.50 bits per heavy atom. The highest BCUT2D eigenvalue weighted by Crippen LogP contribution is 2.45. The molecule has 2 atom stereocenters. The lowest BCUT2D eigenvalue weighted by Gasteiger charge is -2.31. The van der Waals surface area contributed by atoms with Crippen molar-refractivity contribution in [1.29, 1.82) is 5.26 Å². The van der Waals surface area contributed by atoms with E-state index in [4.69, 9.17) is 4.98 Å². The van der Waals surface area contributed by atoms with Gasteiger partial charge in [0.15, 0.2) is 9.84 Å². The summed E-state index contributed by atoms with van der Waals surface area (Å²) in [6.45, 7) is 3.05. The molecule has 180 valence electrons. The molecule has 1 amide bonds. The largest absolute Gasteiger partial charge is 0.369 e. The zero-order chi connectivity index (χ0) is 23.9. The number of nitriles is 1. The molecule has 1 aromatic heterocycles. The smallest absolute Gasteiger partial charge is 0.225 e. The normalized spacial score (nSPS) is 25.4. The van der Waals surface area contributed by atoms with Crippen LogP contribution in [-0.2, 0) is 14.6 Å². The molecule has 2 aromatic rings. The Hall–Kier alpha value is -2.44. The maximum atomic E-state index is 13.2. The summed E-state index contributed by atoms with van der Waals surface area (Å²) in [6.07, 6.45) is 5.32. The molecule has 0 spiro atoms. The highest BCUT2D eigenvalue weighted by Gasteiger charge is 2.47. The molecule has 2 saturated carbocycles. The van der Waals surface area contributed by atoms with E-state index in [1.54, 1.807) is 11.3 Å². The third-order valence-electron chi connectivity index (χ3n) is 7.38. The molecule has 1 aliphatic heterocycles. The van der Waals surface area contributed by atoms with Gasteiger partial charge in [-0.25, -0.2) is 13.4 Å². The summed E-state index contributed by atoms with van der Waals surface area (Å²) < 4.78 is 23.5. The summed E-state index contributed by atoms with van der Waals surface area (Å²) in [5, 5.41) is 13.4. The minimum absolute atomic E-state index is 0.00393. The first kappa shape index (κ1) is 23.3. The molecule has 9 heteroatoms. The molecule has 1 N–H and O–H groups in total. The van der Waals surface area contributed by atoms with Crippen molar-refractivity contribution in [3.63, 3.8) is 0 Å². The van der Waals surface area contributed by atoms with Crippen LogP contribution in [0, 0.1) is 24.2 Å². The van der Waals surface area contributed by atoms with Crippen molar-refractivity contribution in [3.8, 4) is 16.5 Å². The van der Waals surface area contributed by atoms with Gasteiger partial charge in [0.1, 0.15) is 5.54 Å². The average molecular weight is 499 g/mol. The van der Waals surface area contributed by atoms with E-state index in [-0.39, 0.29) is 29.2 Å². The number of carbonyl (C=O) groups is 1. The third kappa shape index (κ3) is 4.71. The summed E-state index contributed by atoms with van der Waals surface area (Å²) in [4.78, 5) is 21.3. The Bertz CT molecular complexity index is 1210. The van der Waals surface area contributed by atoms with Gasteiger partial charge in [-0.15, -0.1) is 11.3 Å². The number of amides is 1. The number of carbonyl (C=O) groups excluding carboxylic acids is 1. The second-order valence-electron chi connectivity index (χ2n) is 9.81. The lowest BCUT2D eigenvalue weighted by atomic mass is 9.76. The van der Waals surface area contributed by atoms with E-state index in [1.807, 2.05) is 6.92 Å². The molecule has 7 nitrogen and oxygen atoms in total. The highest BCUT2D eigenvalue weighted by atomic mass is 32.2. The average Bonchev–Trinajstić information content (AvgIpc) is 3.50. The van der Waals surface area contributed by atoms with Crippen LogP contribution in [0.2, 0.25) is 0 Å². The lowest BCUT2D eigenvalue weighted by Crippen LogP contribution is -2.42. The number of nitrogens with one attached hydrogen (secondary N) is 1. The number of hydrogen-bond acceptors (Lipinski definition) is 7. The van der Waals surface area contributed by atoms with Gasteiger partial charge >= 0.3 is 0 Å². The first-order valence-electron chi connectivity index (χ1n) is 12.1. The molecule has 2 heterocycles. The molecular weight excluding hydrogens is 468 g/mol. The molecule has 5 rings (SSSR count). The van der Waals surface area contributed by atoms with Crippen molar-refractivity contribution >= 4 is 32.8 Å². The fourth-order valence-electron chi connectivity index (χ4n) is 5.19. The van der Waals surface area contributed by atoms with Crippen LogP contribution in [0.15, 0.2) is 24.3 Å². The predicted molar refractivity (Wildman–Crippen MR) is 134 cm³/mol. The molecule has 0 bridgehead atoms. The number of aromatic nitrogens is 1. The molecular formula is C25H30N4O3S2. The van der Waals surface area contributed by atoms with Crippen LogP contribution in [0.25, 0.3) is 10.4 Å². The fraction of sp³-hybridized carbons (Fsp3) is 0.560. The number of benzene rings is 1. The van der Waals surface area contributed by atoms with Crippen molar-refractivity contribution in [2.45, 2.75) is 56.9 Å². The summed E-state index contributed by atoms with van der Waals surface area (Å²) in [5.74, 6) is 0.288. The number of aryl methyl sites for hydroxylation is 1. The first-order chi connectivity index (χ1) is 16.3. The minimum Gasteiger partial charge on any atom is -0.369 e. The second-order valence-corrected chi connectivity index (χ2v) is 13.3. The van der Waals surface area contributed by atoms with E-state index in [1.165, 1.54) is 0 Å². The van der Waals surface area contributed by atoms with E-state index >= 15 is 0 Å². The van der Waals surface area contributed by atoms with Gasteiger partial charge in [0.25, 0.3) is 0 Å². The maximum Gasteiger partial charge on any atom is 0.225 e. The Morgan fingerprint density at radius 2 is 1.85 bits per heavy atom. The number of nitrogens with zero attached hydrogens (tertiary/aromatic N) is 3. The van der Waals surface area contributed by atoms with Gasteiger partial charge in [0.05, 0.1) is 33.2 Å². The summed E-state index contributed by atoms with van der Waals surface area (Å²) in [5.41, 5.74) is 2.46. The van der Waals surface area contributed by atoms with E-state index < -0.39 is 15.4 Å². The van der Waals surface area contributed by atoms with Gasteiger partial charge in [0, 0.05) is 30.6 Å². The Balaban J connectivity index is 1.38. The van der Waals surface area contributed by atoms with Gasteiger partial charge in [-0.2, -0.15) is 5.26 Å². The van der Waals surface area contributed by atoms with Crippen LogP contribution in [0.1, 0.15) is 55.1 Å². The van der Waals surface area contributed by atoms with Crippen LogP contribution < -0.4 is 10.2 Å². The minimum atomic E-state index is -2.91. The Kier molecular flexibility index (Phi) is 6.15. The maximum absolute atomic E-state index is 13.2. The van der Waals surface area contributed by atoms with Gasteiger partial charge in [-0.1, -0.05) is 25.0 Å². The van der Waals surface area contributed by atoms with Gasteiger partial charge < -0.3 is 10.2 Å². The number of anilines is 1. The molecule has 2 aliphatic carbocycles. The van der Waals surface area contributed by atoms with Crippen molar-refractivity contribution in [2.24, 2.45) is 5.92 Å². The monoisotopic (exact) mass is 498 g/mol. The zero-order valence-corrected chi connectivity index (χ0v) is 21.1. The molecule has 3 fully saturated rings. The van der Waals surface area contributed by atoms with E-state index in [0.717, 1.165) is 65.4 Å². The predicted octanol–water partition coefficient (Wildman–Crippen LogP) is 3.80. The Morgan fingerprint density at radius 1 is 1.18 bits per heavy atom. The van der Waals surface area contributed by atoms with Crippen LogP contribution in [0.3, 0.4) is 0 Å². The Labute approximate surface area is 205 Å². The van der Waals surface area contributed by atoms with Crippen LogP contribution in [-0.4, -0.2) is 49.4 Å². The number of sulfone groups is 1. The first-order valence-corrected chi connectivity index (χ1v) is 14.7. The van der Waals surface area contributed by atoms with Crippen LogP contribution in [0.5, 0.6) is 0 Å². The van der Waals surface area contributed by atoms with Gasteiger partial charge in [-0.3, -0.25) is 4.79 Å². The van der Waals surface area contributed by atoms with Crippen molar-refractivity contribution in [3.05, 3.63) is 35.0 Å². The lowest BCUT2D eigenvalue weighted by molar-refractivity contribution is -0.127. The molecule has 1 aromatic carbocycles. The summed E-state index contributed by atoms with van der Waals surface area (Å²) in [7, 11) is -2.91. The number of rotatable bonds is 5. The fourth-order valence-corrected chi connectivity index (χ4v) is 7.38. The van der Waals surface area contributed by atoms with Crippen LogP contribution >= 0.6 is 11.3 Å². The van der Waals surface area contributed by atoms with Crippen molar-refractivity contribution in [2.75, 3.05) is 29.5 Å². The molecule has 1 saturated heterocycles. The molecule has 3 aliphatic rings. The topological polar surface area (TPSA) is 103 Å². The van der Waals surface area contributed by atoms with E-state index in [0.29, 0.717) is 13.1 Å². The zero-order valence-electron chi connectivity index (χ0n) is 19.4. The molecule has 34 heavy (non-hydrogen) atoms. The SMILES string of the molecule is Cc1nc([C@@H]2CCCC[C@H]2C(=O)NC2(C#N)CC2)c(-c2ccc(N3CCS(=O)(=O)CC3)cc2)s1. The standard InChI is InChI=1S/C25H30N4O3S2/c1-17-27-22(20-4-2-3-5-21(20)24(30)28-25(16-26)10-11-25)23(33-17)18-6-8-19(9-7-18)29-12-14-34(31,32)15-13-29/h6-9,20-21H,2-5,10-15H2,1H3,(H,28,30)/t20-,21-/m1/s1. The van der Waals surface area contributed by atoms with Crippen molar-refractivity contribution < 1.29 is 13.2 Å². The quantitative estimate of drug-likeness (QED) is 0.673. The van der Waals surface area contributed by atoms with E-state index in [2.05, 4.69) is 40.6 Å². The summed E-state index contributed by atoms with van der Waals surface area (Å²) >= 11 is 1.66. The van der Waals surface area contributed by atoms with Gasteiger partial charge in [0.2, 0.25) is 5.91 Å². The van der Waals surface area contributed by atoms with E-state index in [9.17, 15) is 18.5 Å². The van der Waals surface area contributed by atoms with Crippen LogP contribution in [0.4, 0.5) is 5.69 Å².